The van der Waals surface area contributed by atoms with E-state index >= 15 is 0 Å². The standard InChI is InChI=1S/C11H14N4O2S/c1-7-3-4-9(12)8(2)11(7)18(16,17)15-10-5-6-13-14-10/h3-6H,12H2,1-2H3,(H2,13,14,15). The summed E-state index contributed by atoms with van der Waals surface area (Å²) in [6.45, 7) is 3.41. The molecular weight excluding hydrogens is 252 g/mol. The van der Waals surface area contributed by atoms with Crippen molar-refractivity contribution in [2.75, 3.05) is 10.5 Å². The molecule has 0 bridgehead atoms. The van der Waals surface area contributed by atoms with Crippen molar-refractivity contribution in [1.82, 2.24) is 10.2 Å². The molecule has 18 heavy (non-hydrogen) atoms. The number of benzene rings is 1. The third kappa shape index (κ3) is 2.17. The van der Waals surface area contributed by atoms with Gasteiger partial charge in [-0.05, 0) is 31.0 Å². The van der Waals surface area contributed by atoms with E-state index in [2.05, 4.69) is 14.9 Å². The van der Waals surface area contributed by atoms with Gasteiger partial charge < -0.3 is 5.73 Å². The number of nitrogens with zero attached hydrogens (tertiary/aromatic N) is 1. The minimum Gasteiger partial charge on any atom is -0.398 e. The number of rotatable bonds is 3. The minimum atomic E-state index is -3.67. The zero-order valence-corrected chi connectivity index (χ0v) is 10.9. The molecule has 1 aromatic carbocycles. The molecule has 0 saturated heterocycles. The molecule has 0 aliphatic carbocycles. The van der Waals surface area contributed by atoms with Crippen molar-refractivity contribution in [2.45, 2.75) is 18.7 Å². The lowest BCUT2D eigenvalue weighted by molar-refractivity contribution is 0.600. The molecule has 0 spiro atoms. The van der Waals surface area contributed by atoms with Crippen LogP contribution in [0.15, 0.2) is 29.3 Å². The van der Waals surface area contributed by atoms with Crippen molar-refractivity contribution in [3.63, 3.8) is 0 Å². The SMILES string of the molecule is Cc1ccc(N)c(C)c1S(=O)(=O)Nc1ccn[nH]1. The third-order valence-electron chi connectivity index (χ3n) is 2.66. The van der Waals surface area contributed by atoms with Gasteiger partial charge in [0.05, 0.1) is 11.1 Å². The van der Waals surface area contributed by atoms with Crippen molar-refractivity contribution in [1.29, 1.82) is 0 Å². The Morgan fingerprint density at radius 3 is 2.61 bits per heavy atom. The average molecular weight is 266 g/mol. The van der Waals surface area contributed by atoms with Gasteiger partial charge in [0.25, 0.3) is 10.0 Å². The van der Waals surface area contributed by atoms with Crippen LogP contribution in [0.5, 0.6) is 0 Å². The van der Waals surface area contributed by atoms with Crippen LogP contribution in [-0.2, 0) is 10.0 Å². The summed E-state index contributed by atoms with van der Waals surface area (Å²) in [5.74, 6) is 0.316. The number of hydrogen-bond donors (Lipinski definition) is 3. The Hall–Kier alpha value is -2.02. The van der Waals surface area contributed by atoms with Crippen molar-refractivity contribution in [3.8, 4) is 0 Å². The molecule has 0 atom stereocenters. The first-order chi connectivity index (χ1) is 8.42. The minimum absolute atomic E-state index is 0.206. The summed E-state index contributed by atoms with van der Waals surface area (Å²) in [6.07, 6.45) is 1.47. The summed E-state index contributed by atoms with van der Waals surface area (Å²) in [4.78, 5) is 0.206. The predicted octanol–water partition coefficient (Wildman–Crippen LogP) is 1.41. The first-order valence-electron chi connectivity index (χ1n) is 5.29. The van der Waals surface area contributed by atoms with E-state index in [1.807, 2.05) is 0 Å². The van der Waals surface area contributed by atoms with Crippen LogP contribution in [-0.4, -0.2) is 18.6 Å². The Labute approximate surface area is 105 Å². The van der Waals surface area contributed by atoms with Crippen molar-refractivity contribution < 1.29 is 8.42 Å². The molecule has 6 nitrogen and oxygen atoms in total. The molecule has 96 valence electrons. The van der Waals surface area contributed by atoms with Gasteiger partial charge in [0.1, 0.15) is 5.82 Å². The van der Waals surface area contributed by atoms with Crippen molar-refractivity contribution in [2.24, 2.45) is 0 Å². The lowest BCUT2D eigenvalue weighted by Crippen LogP contribution is -2.16. The lowest BCUT2D eigenvalue weighted by Gasteiger charge is -2.13. The fourth-order valence-electron chi connectivity index (χ4n) is 1.76. The van der Waals surface area contributed by atoms with E-state index in [9.17, 15) is 8.42 Å². The van der Waals surface area contributed by atoms with E-state index in [0.29, 0.717) is 22.6 Å². The average Bonchev–Trinajstić information content (AvgIpc) is 2.75. The van der Waals surface area contributed by atoms with Gasteiger partial charge in [-0.25, -0.2) is 8.42 Å². The first-order valence-corrected chi connectivity index (χ1v) is 6.78. The summed E-state index contributed by atoms with van der Waals surface area (Å²) in [7, 11) is -3.67. The number of nitrogens with two attached hydrogens (primary N) is 1. The Kier molecular flexibility index (Phi) is 3.00. The van der Waals surface area contributed by atoms with Gasteiger partial charge in [-0.15, -0.1) is 0 Å². The second-order valence-electron chi connectivity index (χ2n) is 4.00. The lowest BCUT2D eigenvalue weighted by atomic mass is 10.1. The topological polar surface area (TPSA) is 101 Å². The van der Waals surface area contributed by atoms with Crippen LogP contribution >= 0.6 is 0 Å². The van der Waals surface area contributed by atoms with Gasteiger partial charge in [-0.3, -0.25) is 9.82 Å². The third-order valence-corrected chi connectivity index (χ3v) is 4.31. The van der Waals surface area contributed by atoms with E-state index in [4.69, 9.17) is 5.73 Å². The molecular formula is C11H14N4O2S. The van der Waals surface area contributed by atoms with Gasteiger partial charge in [-0.1, -0.05) is 6.07 Å². The maximum Gasteiger partial charge on any atom is 0.263 e. The first kappa shape index (κ1) is 12.4. The highest BCUT2D eigenvalue weighted by molar-refractivity contribution is 7.92. The second-order valence-corrected chi connectivity index (χ2v) is 5.62. The molecule has 0 aliphatic heterocycles. The van der Waals surface area contributed by atoms with E-state index in [1.54, 1.807) is 26.0 Å². The number of sulfonamides is 1. The van der Waals surface area contributed by atoms with Gasteiger partial charge in [-0.2, -0.15) is 5.10 Å². The van der Waals surface area contributed by atoms with Crippen LogP contribution in [0.1, 0.15) is 11.1 Å². The smallest absolute Gasteiger partial charge is 0.263 e. The number of anilines is 2. The largest absolute Gasteiger partial charge is 0.398 e. The number of hydrogen-bond acceptors (Lipinski definition) is 4. The zero-order valence-electron chi connectivity index (χ0n) is 10.1. The van der Waals surface area contributed by atoms with Gasteiger partial charge >= 0.3 is 0 Å². The molecule has 0 radical (unpaired) electrons. The number of aromatic nitrogens is 2. The van der Waals surface area contributed by atoms with Crippen LogP contribution in [0, 0.1) is 13.8 Å². The highest BCUT2D eigenvalue weighted by atomic mass is 32.2. The van der Waals surface area contributed by atoms with Gasteiger partial charge in [0, 0.05) is 11.8 Å². The molecule has 0 fully saturated rings. The molecule has 1 aromatic heterocycles. The van der Waals surface area contributed by atoms with Crippen molar-refractivity contribution in [3.05, 3.63) is 35.5 Å². The summed E-state index contributed by atoms with van der Waals surface area (Å²) >= 11 is 0. The fraction of sp³-hybridized carbons (Fsp3) is 0.182. The second kappa shape index (κ2) is 4.34. The molecule has 0 saturated carbocycles. The Morgan fingerprint density at radius 2 is 2.00 bits per heavy atom. The summed E-state index contributed by atoms with van der Waals surface area (Å²) < 4.78 is 27.0. The zero-order chi connectivity index (χ0) is 13.3. The summed E-state index contributed by atoms with van der Waals surface area (Å²) in [5, 5.41) is 6.23. The maximum absolute atomic E-state index is 12.3. The molecule has 2 aromatic rings. The monoisotopic (exact) mass is 266 g/mol. The number of nitrogens with one attached hydrogen (secondary N) is 2. The molecule has 1 heterocycles. The Balaban J connectivity index is 2.51. The van der Waals surface area contributed by atoms with Crippen LogP contribution in [0.3, 0.4) is 0 Å². The Bertz CT molecular complexity index is 663. The quantitative estimate of drug-likeness (QED) is 0.731. The van der Waals surface area contributed by atoms with Gasteiger partial charge in [0.2, 0.25) is 0 Å². The fourth-order valence-corrected chi connectivity index (χ4v) is 3.28. The predicted molar refractivity (Wildman–Crippen MR) is 69.7 cm³/mol. The number of aromatic amines is 1. The summed E-state index contributed by atoms with van der Waals surface area (Å²) in [6, 6.07) is 4.91. The Morgan fingerprint density at radius 1 is 1.28 bits per heavy atom. The molecule has 0 amide bonds. The number of H-pyrrole nitrogens is 1. The molecule has 2 rings (SSSR count). The van der Waals surface area contributed by atoms with Crippen LogP contribution in [0.25, 0.3) is 0 Å². The molecule has 0 unspecified atom stereocenters. The molecule has 4 N–H and O–H groups in total. The maximum atomic E-state index is 12.3. The van der Waals surface area contributed by atoms with E-state index in [0.717, 1.165) is 0 Å². The van der Waals surface area contributed by atoms with E-state index < -0.39 is 10.0 Å². The van der Waals surface area contributed by atoms with Crippen LogP contribution < -0.4 is 10.5 Å². The van der Waals surface area contributed by atoms with Crippen LogP contribution in [0.4, 0.5) is 11.5 Å². The number of aryl methyl sites for hydroxylation is 1. The summed E-state index contributed by atoms with van der Waals surface area (Å²) in [5.41, 5.74) is 7.39. The van der Waals surface area contributed by atoms with Crippen LogP contribution in [0.2, 0.25) is 0 Å². The number of nitrogen functional groups attached to an aromatic ring is 1. The van der Waals surface area contributed by atoms with Crippen molar-refractivity contribution >= 4 is 21.5 Å². The van der Waals surface area contributed by atoms with Gasteiger partial charge in [0.15, 0.2) is 0 Å². The molecule has 7 heteroatoms. The molecule has 0 aliphatic rings. The highest BCUT2D eigenvalue weighted by Gasteiger charge is 2.21. The normalized spacial score (nSPS) is 11.4. The van der Waals surface area contributed by atoms with E-state index in [1.165, 1.54) is 12.3 Å². The van der Waals surface area contributed by atoms with E-state index in [-0.39, 0.29) is 4.90 Å². The highest BCUT2D eigenvalue weighted by Crippen LogP contribution is 2.26.